The van der Waals surface area contributed by atoms with Crippen LogP contribution in [-0.4, -0.2) is 16.2 Å². The number of carboxylic acids is 1. The maximum atomic E-state index is 10.6. The molecule has 0 spiro atoms. The minimum absolute atomic E-state index is 0.188. The molecule has 3 nitrogen and oxygen atoms in total. The number of thiophene rings is 1. The van der Waals surface area contributed by atoms with Crippen LogP contribution in [0.25, 0.3) is 0 Å². The third kappa shape index (κ3) is 1.65. The molecule has 0 saturated heterocycles. The summed E-state index contributed by atoms with van der Waals surface area (Å²) in [7, 11) is 0. The van der Waals surface area contributed by atoms with Crippen molar-refractivity contribution in [1.82, 2.24) is 0 Å². The second-order valence-corrected chi connectivity index (χ2v) is 3.94. The van der Waals surface area contributed by atoms with Gasteiger partial charge < -0.3 is 10.2 Å². The average Bonchev–Trinajstić information content (AvgIpc) is 2.30. The number of hydrogen-bond acceptors (Lipinski definition) is 3. The van der Waals surface area contributed by atoms with E-state index in [9.17, 15) is 9.90 Å². The Morgan fingerprint density at radius 1 is 1.58 bits per heavy atom. The number of aromatic carboxylic acids is 1. The van der Waals surface area contributed by atoms with E-state index in [1.165, 1.54) is 17.4 Å². The zero-order valence-electron chi connectivity index (χ0n) is 6.87. The van der Waals surface area contributed by atoms with Crippen LogP contribution in [0, 0.1) is 0 Å². The van der Waals surface area contributed by atoms with Gasteiger partial charge in [0.2, 0.25) is 0 Å². The van der Waals surface area contributed by atoms with Gasteiger partial charge in [0, 0.05) is 0 Å². The molecular weight excluding hydrogens is 176 g/mol. The predicted molar refractivity (Wildman–Crippen MR) is 46.5 cm³/mol. The van der Waals surface area contributed by atoms with E-state index < -0.39 is 11.6 Å². The van der Waals surface area contributed by atoms with Crippen LogP contribution in [0.3, 0.4) is 0 Å². The van der Waals surface area contributed by atoms with Gasteiger partial charge in [0.05, 0.1) is 16.0 Å². The molecule has 0 bridgehead atoms. The highest BCUT2D eigenvalue weighted by molar-refractivity contribution is 7.10. The first-order valence-electron chi connectivity index (χ1n) is 3.46. The average molecular weight is 186 g/mol. The molecule has 2 N–H and O–H groups in total. The van der Waals surface area contributed by atoms with Crippen molar-refractivity contribution in [3.05, 3.63) is 21.9 Å². The summed E-state index contributed by atoms with van der Waals surface area (Å²) >= 11 is 1.25. The van der Waals surface area contributed by atoms with Gasteiger partial charge in [-0.2, -0.15) is 0 Å². The summed E-state index contributed by atoms with van der Waals surface area (Å²) in [6.07, 6.45) is 0. The Bertz CT molecular complexity index is 295. The van der Waals surface area contributed by atoms with Crippen molar-refractivity contribution in [1.29, 1.82) is 0 Å². The summed E-state index contributed by atoms with van der Waals surface area (Å²) in [6, 6.07) is 1.50. The fourth-order valence-corrected chi connectivity index (χ4v) is 1.86. The molecule has 0 atom stereocenters. The highest BCUT2D eigenvalue weighted by Crippen LogP contribution is 2.28. The Labute approximate surface area is 74.3 Å². The molecule has 66 valence electrons. The number of hydrogen-bond donors (Lipinski definition) is 2. The first-order chi connectivity index (χ1) is 5.43. The lowest BCUT2D eigenvalue weighted by Crippen LogP contribution is -2.17. The Morgan fingerprint density at radius 2 is 2.17 bits per heavy atom. The Hall–Kier alpha value is -0.870. The van der Waals surface area contributed by atoms with E-state index in [0.717, 1.165) is 0 Å². The molecule has 1 aromatic heterocycles. The minimum atomic E-state index is -1.07. The van der Waals surface area contributed by atoms with Gasteiger partial charge in [-0.15, -0.1) is 11.3 Å². The third-order valence-electron chi connectivity index (χ3n) is 1.45. The predicted octanol–water partition coefficient (Wildman–Crippen LogP) is 1.67. The second kappa shape index (κ2) is 2.88. The van der Waals surface area contributed by atoms with E-state index in [1.807, 2.05) is 0 Å². The summed E-state index contributed by atoms with van der Waals surface area (Å²) in [5.41, 5.74) is -0.880. The van der Waals surface area contributed by atoms with Crippen LogP contribution in [0.15, 0.2) is 11.4 Å². The van der Waals surface area contributed by atoms with Gasteiger partial charge in [0.15, 0.2) is 0 Å². The van der Waals surface area contributed by atoms with Crippen LogP contribution in [0.4, 0.5) is 0 Å². The SMILES string of the molecule is CC(C)(O)c1sccc1C(=O)O. The molecule has 0 unspecified atom stereocenters. The molecule has 4 heteroatoms. The van der Waals surface area contributed by atoms with Crippen molar-refractivity contribution in [2.75, 3.05) is 0 Å². The van der Waals surface area contributed by atoms with Crippen LogP contribution in [-0.2, 0) is 5.60 Å². The van der Waals surface area contributed by atoms with E-state index in [1.54, 1.807) is 19.2 Å². The third-order valence-corrected chi connectivity index (χ3v) is 2.68. The zero-order chi connectivity index (χ0) is 9.35. The molecule has 0 fully saturated rings. The number of carboxylic acid groups (broad SMARTS) is 1. The van der Waals surface area contributed by atoms with Crippen molar-refractivity contribution < 1.29 is 15.0 Å². The maximum absolute atomic E-state index is 10.6. The van der Waals surface area contributed by atoms with Crippen molar-refractivity contribution in [2.24, 2.45) is 0 Å². The first kappa shape index (κ1) is 9.22. The normalized spacial score (nSPS) is 11.6. The van der Waals surface area contributed by atoms with Gasteiger partial charge in [0.1, 0.15) is 0 Å². The van der Waals surface area contributed by atoms with Gasteiger partial charge in [-0.05, 0) is 25.3 Å². The molecule has 0 aliphatic heterocycles. The molecule has 1 rings (SSSR count). The van der Waals surface area contributed by atoms with E-state index in [-0.39, 0.29) is 5.56 Å². The Morgan fingerprint density at radius 3 is 2.50 bits per heavy atom. The van der Waals surface area contributed by atoms with Crippen molar-refractivity contribution >= 4 is 17.3 Å². The lowest BCUT2D eigenvalue weighted by atomic mass is 10.0. The van der Waals surface area contributed by atoms with Gasteiger partial charge >= 0.3 is 5.97 Å². The molecule has 1 heterocycles. The van der Waals surface area contributed by atoms with Crippen molar-refractivity contribution in [2.45, 2.75) is 19.4 Å². The molecule has 0 saturated carbocycles. The summed E-state index contributed by atoms with van der Waals surface area (Å²) < 4.78 is 0. The molecule has 0 radical (unpaired) electrons. The number of carbonyl (C=O) groups is 1. The largest absolute Gasteiger partial charge is 0.478 e. The Kier molecular flexibility index (Phi) is 2.21. The van der Waals surface area contributed by atoms with Gasteiger partial charge in [-0.1, -0.05) is 0 Å². The van der Waals surface area contributed by atoms with Gasteiger partial charge in [-0.3, -0.25) is 0 Å². The molecule has 0 aromatic carbocycles. The lowest BCUT2D eigenvalue weighted by Gasteiger charge is -2.15. The number of aliphatic hydroxyl groups is 1. The maximum Gasteiger partial charge on any atom is 0.336 e. The van der Waals surface area contributed by atoms with E-state index >= 15 is 0 Å². The molecule has 12 heavy (non-hydrogen) atoms. The number of rotatable bonds is 2. The monoisotopic (exact) mass is 186 g/mol. The minimum Gasteiger partial charge on any atom is -0.478 e. The van der Waals surface area contributed by atoms with E-state index in [2.05, 4.69) is 0 Å². The smallest absolute Gasteiger partial charge is 0.336 e. The lowest BCUT2D eigenvalue weighted by molar-refractivity contribution is 0.0645. The van der Waals surface area contributed by atoms with Gasteiger partial charge in [-0.25, -0.2) is 4.79 Å². The molecule has 0 aliphatic carbocycles. The highest BCUT2D eigenvalue weighted by atomic mass is 32.1. The van der Waals surface area contributed by atoms with Crippen LogP contribution in [0.2, 0.25) is 0 Å². The molecule has 0 aliphatic rings. The molecule has 1 aromatic rings. The summed E-state index contributed by atoms with van der Waals surface area (Å²) in [5.74, 6) is -0.992. The first-order valence-corrected chi connectivity index (χ1v) is 4.34. The quantitative estimate of drug-likeness (QED) is 0.738. The highest BCUT2D eigenvalue weighted by Gasteiger charge is 2.24. The van der Waals surface area contributed by atoms with Gasteiger partial charge in [0.25, 0.3) is 0 Å². The van der Waals surface area contributed by atoms with E-state index in [0.29, 0.717) is 4.88 Å². The molecular formula is C8H10O3S. The summed E-state index contributed by atoms with van der Waals surface area (Å²) in [6.45, 7) is 3.15. The van der Waals surface area contributed by atoms with Crippen LogP contribution < -0.4 is 0 Å². The van der Waals surface area contributed by atoms with Crippen molar-refractivity contribution in [3.63, 3.8) is 0 Å². The van der Waals surface area contributed by atoms with Crippen molar-refractivity contribution in [3.8, 4) is 0 Å². The topological polar surface area (TPSA) is 57.5 Å². The fourth-order valence-electron chi connectivity index (χ4n) is 0.951. The van der Waals surface area contributed by atoms with Crippen LogP contribution in [0.1, 0.15) is 29.1 Å². The summed E-state index contributed by atoms with van der Waals surface area (Å²) in [4.78, 5) is 11.1. The standard InChI is InChI=1S/C8H10O3S/c1-8(2,11)6-5(7(9)10)3-4-12-6/h3-4,11H,1-2H3,(H,9,10). The molecule has 0 amide bonds. The second-order valence-electron chi connectivity index (χ2n) is 3.03. The summed E-state index contributed by atoms with van der Waals surface area (Å²) in [5, 5.41) is 19.9. The zero-order valence-corrected chi connectivity index (χ0v) is 7.68. The van der Waals surface area contributed by atoms with Crippen LogP contribution in [0.5, 0.6) is 0 Å². The van der Waals surface area contributed by atoms with Crippen LogP contribution >= 0.6 is 11.3 Å². The fraction of sp³-hybridized carbons (Fsp3) is 0.375. The van der Waals surface area contributed by atoms with E-state index in [4.69, 9.17) is 5.11 Å². The Balaban J connectivity index is 3.17.